The molecule has 0 aliphatic rings. The van der Waals surface area contributed by atoms with Crippen molar-refractivity contribution in [2.24, 2.45) is 0 Å². The molecule has 2 aromatic rings. The number of nitrogens with zero attached hydrogens (tertiary/aromatic N) is 1. The second kappa shape index (κ2) is 11.7. The largest absolute Gasteiger partial charge is 0.495 e. The Hall–Kier alpha value is -2.42. The topological polar surface area (TPSA) is 84.9 Å². The number of aryl methyl sites for hydroxylation is 1. The molecule has 0 aliphatic carbocycles. The molecular formula is C22H30N2O5S. The number of carbonyl (C=O) groups excluding carboxylic acids is 1. The molecule has 0 spiro atoms. The lowest BCUT2D eigenvalue weighted by Crippen LogP contribution is -2.40. The number of rotatable bonds is 12. The molecule has 0 saturated carbocycles. The van der Waals surface area contributed by atoms with Crippen LogP contribution < -0.4 is 10.1 Å². The van der Waals surface area contributed by atoms with E-state index in [0.29, 0.717) is 26.2 Å². The maximum absolute atomic E-state index is 13.5. The highest BCUT2D eigenvalue weighted by molar-refractivity contribution is 7.89. The first-order valence-corrected chi connectivity index (χ1v) is 11.4. The van der Waals surface area contributed by atoms with Gasteiger partial charge in [-0.3, -0.25) is 4.79 Å². The first-order valence-electron chi connectivity index (χ1n) is 9.91. The van der Waals surface area contributed by atoms with Gasteiger partial charge in [0.1, 0.15) is 10.6 Å². The van der Waals surface area contributed by atoms with E-state index in [-0.39, 0.29) is 29.6 Å². The number of methoxy groups -OCH3 is 1. The SMILES string of the molecule is CCOCCCNC(=O)CN(Cc1ccccc1)S(=O)(=O)c1cc(C)ccc1OC. The molecule has 8 heteroatoms. The molecule has 0 aliphatic heterocycles. The predicted molar refractivity (Wildman–Crippen MR) is 116 cm³/mol. The zero-order valence-electron chi connectivity index (χ0n) is 17.8. The third-order valence-corrected chi connectivity index (χ3v) is 6.26. The maximum atomic E-state index is 13.5. The van der Waals surface area contributed by atoms with E-state index in [1.807, 2.05) is 44.2 Å². The summed E-state index contributed by atoms with van der Waals surface area (Å²) in [6, 6.07) is 14.2. The van der Waals surface area contributed by atoms with Gasteiger partial charge < -0.3 is 14.8 Å². The molecule has 1 N–H and O–H groups in total. The molecule has 0 unspecified atom stereocenters. The van der Waals surface area contributed by atoms with E-state index in [1.54, 1.807) is 18.2 Å². The van der Waals surface area contributed by atoms with Crippen LogP contribution in [-0.4, -0.2) is 52.0 Å². The molecule has 0 bridgehead atoms. The molecule has 0 saturated heterocycles. The predicted octanol–water partition coefficient (Wildman–Crippen LogP) is 2.74. The molecule has 2 aromatic carbocycles. The highest BCUT2D eigenvalue weighted by Crippen LogP contribution is 2.28. The summed E-state index contributed by atoms with van der Waals surface area (Å²) in [4.78, 5) is 12.5. The minimum Gasteiger partial charge on any atom is -0.495 e. The molecule has 7 nitrogen and oxygen atoms in total. The molecule has 0 atom stereocenters. The summed E-state index contributed by atoms with van der Waals surface area (Å²) in [5.74, 6) is -0.117. The number of ether oxygens (including phenoxy) is 2. The van der Waals surface area contributed by atoms with Crippen LogP contribution in [0.2, 0.25) is 0 Å². The molecule has 164 valence electrons. The Labute approximate surface area is 179 Å². The highest BCUT2D eigenvalue weighted by atomic mass is 32.2. The lowest BCUT2D eigenvalue weighted by atomic mass is 10.2. The fourth-order valence-electron chi connectivity index (χ4n) is 2.90. The van der Waals surface area contributed by atoms with Gasteiger partial charge >= 0.3 is 0 Å². The van der Waals surface area contributed by atoms with E-state index in [2.05, 4.69) is 5.32 Å². The van der Waals surface area contributed by atoms with Gasteiger partial charge in [0.15, 0.2) is 0 Å². The zero-order chi connectivity index (χ0) is 22.0. The van der Waals surface area contributed by atoms with Gasteiger partial charge in [0.05, 0.1) is 13.7 Å². The quantitative estimate of drug-likeness (QED) is 0.519. The molecule has 1 amide bonds. The van der Waals surface area contributed by atoms with Crippen LogP contribution in [-0.2, 0) is 26.1 Å². The molecule has 2 rings (SSSR count). The second-order valence-corrected chi connectivity index (χ2v) is 8.72. The third-order valence-electron chi connectivity index (χ3n) is 4.45. The number of nitrogens with one attached hydrogen (secondary N) is 1. The van der Waals surface area contributed by atoms with Crippen LogP contribution >= 0.6 is 0 Å². The first kappa shape index (κ1) is 23.9. The van der Waals surface area contributed by atoms with Crippen LogP contribution in [0.4, 0.5) is 0 Å². The smallest absolute Gasteiger partial charge is 0.247 e. The summed E-state index contributed by atoms with van der Waals surface area (Å²) in [7, 11) is -2.55. The summed E-state index contributed by atoms with van der Waals surface area (Å²) in [6.45, 7) is 5.09. The fourth-order valence-corrected chi connectivity index (χ4v) is 4.52. The minimum absolute atomic E-state index is 0.0464. The van der Waals surface area contributed by atoms with Crippen molar-refractivity contribution in [2.45, 2.75) is 31.7 Å². The summed E-state index contributed by atoms with van der Waals surface area (Å²) in [5, 5.41) is 2.77. The number of benzene rings is 2. The monoisotopic (exact) mass is 434 g/mol. The molecule has 0 heterocycles. The van der Waals surface area contributed by atoms with Crippen molar-refractivity contribution in [2.75, 3.05) is 33.4 Å². The van der Waals surface area contributed by atoms with Gasteiger partial charge in [-0.05, 0) is 43.5 Å². The van der Waals surface area contributed by atoms with Gasteiger partial charge in [0, 0.05) is 26.3 Å². The molecule has 30 heavy (non-hydrogen) atoms. The van der Waals surface area contributed by atoms with E-state index in [4.69, 9.17) is 9.47 Å². The number of hydrogen-bond acceptors (Lipinski definition) is 5. The van der Waals surface area contributed by atoms with Crippen LogP contribution in [0.3, 0.4) is 0 Å². The standard InChI is InChI=1S/C22H30N2O5S/c1-4-29-14-8-13-23-22(25)17-24(16-19-9-6-5-7-10-19)30(26,27)21-15-18(2)11-12-20(21)28-3/h5-7,9-12,15H,4,8,13-14,16-17H2,1-3H3,(H,23,25). The van der Waals surface area contributed by atoms with Gasteiger partial charge in [-0.1, -0.05) is 36.4 Å². The molecule has 0 fully saturated rings. The Morgan fingerprint density at radius 1 is 1.13 bits per heavy atom. The van der Waals surface area contributed by atoms with Crippen molar-refractivity contribution in [1.29, 1.82) is 0 Å². The minimum atomic E-state index is -3.98. The van der Waals surface area contributed by atoms with Gasteiger partial charge in [-0.2, -0.15) is 4.31 Å². The van der Waals surface area contributed by atoms with Crippen LogP contribution in [0.15, 0.2) is 53.4 Å². The summed E-state index contributed by atoms with van der Waals surface area (Å²) < 4.78 is 38.6. The van der Waals surface area contributed by atoms with E-state index in [0.717, 1.165) is 11.1 Å². The van der Waals surface area contributed by atoms with Crippen molar-refractivity contribution in [3.05, 3.63) is 59.7 Å². The fraction of sp³-hybridized carbons (Fsp3) is 0.409. The van der Waals surface area contributed by atoms with Crippen molar-refractivity contribution in [3.63, 3.8) is 0 Å². The maximum Gasteiger partial charge on any atom is 0.247 e. The normalized spacial score (nSPS) is 11.5. The number of carbonyl (C=O) groups is 1. The lowest BCUT2D eigenvalue weighted by Gasteiger charge is -2.23. The van der Waals surface area contributed by atoms with Crippen LogP contribution in [0.5, 0.6) is 5.75 Å². The van der Waals surface area contributed by atoms with E-state index >= 15 is 0 Å². The zero-order valence-corrected chi connectivity index (χ0v) is 18.6. The molecule has 0 radical (unpaired) electrons. The van der Waals surface area contributed by atoms with Crippen LogP contribution in [0.25, 0.3) is 0 Å². The van der Waals surface area contributed by atoms with E-state index in [9.17, 15) is 13.2 Å². The Balaban J connectivity index is 2.25. The first-order chi connectivity index (χ1) is 14.4. The van der Waals surface area contributed by atoms with Crippen molar-refractivity contribution < 1.29 is 22.7 Å². The second-order valence-electron chi connectivity index (χ2n) is 6.81. The molecular weight excluding hydrogens is 404 g/mol. The number of amides is 1. The number of sulfonamides is 1. The van der Waals surface area contributed by atoms with Crippen molar-refractivity contribution in [3.8, 4) is 5.75 Å². The van der Waals surface area contributed by atoms with E-state index < -0.39 is 10.0 Å². The Morgan fingerprint density at radius 2 is 1.87 bits per heavy atom. The van der Waals surface area contributed by atoms with Gasteiger partial charge in [0.25, 0.3) is 0 Å². The average molecular weight is 435 g/mol. The lowest BCUT2D eigenvalue weighted by molar-refractivity contribution is -0.121. The average Bonchev–Trinajstić information content (AvgIpc) is 2.74. The van der Waals surface area contributed by atoms with Gasteiger partial charge in [-0.15, -0.1) is 0 Å². The summed E-state index contributed by atoms with van der Waals surface area (Å²) in [5.41, 5.74) is 1.58. The number of hydrogen-bond donors (Lipinski definition) is 1. The Bertz CT molecular complexity index is 916. The van der Waals surface area contributed by atoms with E-state index in [1.165, 1.54) is 11.4 Å². The summed E-state index contributed by atoms with van der Waals surface area (Å²) in [6.07, 6.45) is 0.663. The summed E-state index contributed by atoms with van der Waals surface area (Å²) >= 11 is 0. The van der Waals surface area contributed by atoms with Crippen molar-refractivity contribution in [1.82, 2.24) is 9.62 Å². The highest BCUT2D eigenvalue weighted by Gasteiger charge is 2.29. The van der Waals surface area contributed by atoms with Crippen LogP contribution in [0.1, 0.15) is 24.5 Å². The molecule has 0 aromatic heterocycles. The Morgan fingerprint density at radius 3 is 2.53 bits per heavy atom. The Kier molecular flexibility index (Phi) is 9.29. The third kappa shape index (κ3) is 6.83. The van der Waals surface area contributed by atoms with Crippen molar-refractivity contribution >= 4 is 15.9 Å². The van der Waals surface area contributed by atoms with Gasteiger partial charge in [-0.25, -0.2) is 8.42 Å². The van der Waals surface area contributed by atoms with Gasteiger partial charge in [0.2, 0.25) is 15.9 Å². The van der Waals surface area contributed by atoms with Crippen LogP contribution in [0, 0.1) is 6.92 Å².